The second kappa shape index (κ2) is 5.57. The molecule has 0 aliphatic carbocycles. The van der Waals surface area contributed by atoms with Gasteiger partial charge in [-0.15, -0.1) is 0 Å². The molecule has 0 radical (unpaired) electrons. The monoisotopic (exact) mass is 314 g/mol. The van der Waals surface area contributed by atoms with Gasteiger partial charge < -0.3 is 10.5 Å². The highest BCUT2D eigenvalue weighted by molar-refractivity contribution is 7.92. The summed E-state index contributed by atoms with van der Waals surface area (Å²) in [5, 5.41) is 0. The minimum atomic E-state index is -4.22. The van der Waals surface area contributed by atoms with Gasteiger partial charge in [0.1, 0.15) is 10.7 Å². The number of benzene rings is 2. The van der Waals surface area contributed by atoms with Crippen molar-refractivity contribution in [3.8, 4) is 5.75 Å². The van der Waals surface area contributed by atoms with Crippen LogP contribution in [0.3, 0.4) is 0 Å². The van der Waals surface area contributed by atoms with Gasteiger partial charge >= 0.3 is 0 Å². The lowest BCUT2D eigenvalue weighted by Crippen LogP contribution is -2.15. The van der Waals surface area contributed by atoms with Crippen molar-refractivity contribution in [3.63, 3.8) is 0 Å². The van der Waals surface area contributed by atoms with E-state index in [4.69, 9.17) is 10.5 Å². The quantitative estimate of drug-likeness (QED) is 0.849. The zero-order valence-electron chi connectivity index (χ0n) is 10.9. The molecule has 0 atom stereocenters. The largest absolute Gasteiger partial charge is 0.494 e. The van der Waals surface area contributed by atoms with Gasteiger partial charge in [-0.1, -0.05) is 0 Å². The van der Waals surface area contributed by atoms with E-state index in [1.54, 1.807) is 0 Å². The summed E-state index contributed by atoms with van der Waals surface area (Å²) >= 11 is 0. The third-order valence-corrected chi connectivity index (χ3v) is 4.05. The Hall–Kier alpha value is -2.35. The molecule has 0 saturated carbocycles. The number of anilines is 2. The number of nitrogen functional groups attached to an aromatic ring is 1. The second-order valence-electron chi connectivity index (χ2n) is 4.14. The SMILES string of the molecule is COc1ccc(NS(=O)(=O)c2cc(N)ccc2F)cc1F. The van der Waals surface area contributed by atoms with Crippen molar-refractivity contribution >= 4 is 21.4 Å². The van der Waals surface area contributed by atoms with E-state index >= 15 is 0 Å². The molecule has 0 aliphatic rings. The van der Waals surface area contributed by atoms with E-state index in [0.717, 1.165) is 18.2 Å². The summed E-state index contributed by atoms with van der Waals surface area (Å²) < 4.78 is 58.1. The molecule has 0 amide bonds. The molecular formula is C13H12F2N2O3S. The van der Waals surface area contributed by atoms with E-state index < -0.39 is 26.6 Å². The summed E-state index contributed by atoms with van der Waals surface area (Å²) in [5.74, 6) is -1.73. The second-order valence-corrected chi connectivity index (χ2v) is 5.80. The maximum atomic E-state index is 13.6. The smallest absolute Gasteiger partial charge is 0.264 e. The van der Waals surface area contributed by atoms with Crippen LogP contribution in [0.5, 0.6) is 5.75 Å². The molecule has 2 aromatic carbocycles. The predicted molar refractivity (Wildman–Crippen MR) is 74.6 cm³/mol. The van der Waals surface area contributed by atoms with Crippen LogP contribution in [0.25, 0.3) is 0 Å². The highest BCUT2D eigenvalue weighted by Gasteiger charge is 2.20. The van der Waals surface area contributed by atoms with Gasteiger partial charge in [0.05, 0.1) is 12.8 Å². The molecule has 0 unspecified atom stereocenters. The van der Waals surface area contributed by atoms with E-state index in [-0.39, 0.29) is 17.1 Å². The van der Waals surface area contributed by atoms with Gasteiger partial charge in [0, 0.05) is 11.8 Å². The Morgan fingerprint density at radius 1 is 1.10 bits per heavy atom. The van der Waals surface area contributed by atoms with E-state index in [1.807, 2.05) is 0 Å². The number of halogens is 2. The maximum absolute atomic E-state index is 13.6. The van der Waals surface area contributed by atoms with Crippen LogP contribution in [0.1, 0.15) is 0 Å². The molecule has 21 heavy (non-hydrogen) atoms. The van der Waals surface area contributed by atoms with Crippen molar-refractivity contribution in [2.24, 2.45) is 0 Å². The number of ether oxygens (including phenoxy) is 1. The van der Waals surface area contributed by atoms with E-state index in [0.29, 0.717) is 0 Å². The first-order valence-electron chi connectivity index (χ1n) is 5.75. The molecule has 8 heteroatoms. The summed E-state index contributed by atoms with van der Waals surface area (Å²) in [6.45, 7) is 0. The van der Waals surface area contributed by atoms with Gasteiger partial charge in [0.15, 0.2) is 11.6 Å². The average molecular weight is 314 g/mol. The molecule has 112 valence electrons. The van der Waals surface area contributed by atoms with Crippen molar-refractivity contribution in [2.45, 2.75) is 4.90 Å². The fourth-order valence-corrected chi connectivity index (χ4v) is 2.83. The highest BCUT2D eigenvalue weighted by Crippen LogP contribution is 2.24. The van der Waals surface area contributed by atoms with Crippen molar-refractivity contribution < 1.29 is 21.9 Å². The van der Waals surface area contributed by atoms with Crippen molar-refractivity contribution in [1.82, 2.24) is 0 Å². The van der Waals surface area contributed by atoms with Crippen LogP contribution < -0.4 is 15.2 Å². The fraction of sp³-hybridized carbons (Fsp3) is 0.0769. The van der Waals surface area contributed by atoms with Gasteiger partial charge in [0.25, 0.3) is 10.0 Å². The topological polar surface area (TPSA) is 81.4 Å². The van der Waals surface area contributed by atoms with Crippen LogP contribution in [0.4, 0.5) is 20.2 Å². The Morgan fingerprint density at radius 2 is 1.81 bits per heavy atom. The number of hydrogen-bond acceptors (Lipinski definition) is 4. The highest BCUT2D eigenvalue weighted by atomic mass is 32.2. The molecule has 0 saturated heterocycles. The Morgan fingerprint density at radius 3 is 2.43 bits per heavy atom. The van der Waals surface area contributed by atoms with Crippen molar-refractivity contribution in [2.75, 3.05) is 17.6 Å². The van der Waals surface area contributed by atoms with Crippen LogP contribution in [-0.4, -0.2) is 15.5 Å². The van der Waals surface area contributed by atoms with Crippen LogP contribution in [0.2, 0.25) is 0 Å². The molecule has 0 spiro atoms. The maximum Gasteiger partial charge on any atom is 0.264 e. The van der Waals surface area contributed by atoms with Gasteiger partial charge in [-0.3, -0.25) is 4.72 Å². The molecule has 5 nitrogen and oxygen atoms in total. The fourth-order valence-electron chi connectivity index (χ4n) is 1.67. The summed E-state index contributed by atoms with van der Waals surface area (Å²) in [4.78, 5) is -0.612. The van der Waals surface area contributed by atoms with Gasteiger partial charge in [-0.2, -0.15) is 0 Å². The molecule has 2 aromatic rings. The Bertz CT molecular complexity index is 779. The molecule has 0 heterocycles. The number of methoxy groups -OCH3 is 1. The summed E-state index contributed by atoms with van der Waals surface area (Å²) in [6.07, 6.45) is 0. The third kappa shape index (κ3) is 3.22. The first-order valence-corrected chi connectivity index (χ1v) is 7.23. The number of hydrogen-bond donors (Lipinski definition) is 2. The summed E-state index contributed by atoms with van der Waals surface area (Å²) in [5.41, 5.74) is 5.48. The molecule has 0 fully saturated rings. The Kier molecular flexibility index (Phi) is 3.99. The number of nitrogens with one attached hydrogen (secondary N) is 1. The standard InChI is InChI=1S/C13H12F2N2O3S/c1-20-12-5-3-9(7-11(12)15)17-21(18,19)13-6-8(16)2-4-10(13)14/h2-7,17H,16H2,1H3. The normalized spacial score (nSPS) is 11.2. The van der Waals surface area contributed by atoms with Crippen molar-refractivity contribution in [1.29, 1.82) is 0 Å². The number of sulfonamides is 1. The first-order chi connectivity index (χ1) is 9.83. The minimum Gasteiger partial charge on any atom is -0.494 e. The molecule has 0 bridgehead atoms. The van der Waals surface area contributed by atoms with Crippen molar-refractivity contribution in [3.05, 3.63) is 48.0 Å². The van der Waals surface area contributed by atoms with Gasteiger partial charge in [-0.25, -0.2) is 17.2 Å². The lowest BCUT2D eigenvalue weighted by atomic mass is 10.3. The lowest BCUT2D eigenvalue weighted by Gasteiger charge is -2.10. The van der Waals surface area contributed by atoms with Gasteiger partial charge in [-0.05, 0) is 30.3 Å². The molecular weight excluding hydrogens is 302 g/mol. The summed E-state index contributed by atoms with van der Waals surface area (Å²) in [6, 6.07) is 6.64. The van der Waals surface area contributed by atoms with Crippen LogP contribution >= 0.6 is 0 Å². The zero-order chi connectivity index (χ0) is 15.6. The molecule has 2 rings (SSSR count). The first kappa shape index (κ1) is 15.0. The molecule has 0 aromatic heterocycles. The van der Waals surface area contributed by atoms with E-state index in [2.05, 4.69) is 4.72 Å². The minimum absolute atomic E-state index is 0.0342. The number of rotatable bonds is 4. The van der Waals surface area contributed by atoms with Crippen LogP contribution in [-0.2, 0) is 10.0 Å². The number of nitrogens with two attached hydrogens (primary N) is 1. The van der Waals surface area contributed by atoms with E-state index in [9.17, 15) is 17.2 Å². The Balaban J connectivity index is 2.37. The molecule has 0 aliphatic heterocycles. The van der Waals surface area contributed by atoms with Gasteiger partial charge in [0.2, 0.25) is 0 Å². The van der Waals surface area contributed by atoms with E-state index in [1.165, 1.54) is 25.3 Å². The molecule has 3 N–H and O–H groups in total. The van der Waals surface area contributed by atoms with Crippen LogP contribution in [0, 0.1) is 11.6 Å². The predicted octanol–water partition coefficient (Wildman–Crippen LogP) is 2.36. The zero-order valence-corrected chi connectivity index (χ0v) is 11.7. The average Bonchev–Trinajstić information content (AvgIpc) is 2.41. The Labute approximate surface area is 120 Å². The third-order valence-electron chi connectivity index (χ3n) is 2.65. The lowest BCUT2D eigenvalue weighted by molar-refractivity contribution is 0.386. The summed E-state index contributed by atoms with van der Waals surface area (Å²) in [7, 11) is -2.93. The van der Waals surface area contributed by atoms with Crippen LogP contribution in [0.15, 0.2) is 41.3 Å².